The largest absolute Gasteiger partial charge is 0.484 e. The average molecular weight is 375 g/mol. The van der Waals surface area contributed by atoms with Gasteiger partial charge in [0.2, 0.25) is 0 Å². The van der Waals surface area contributed by atoms with Crippen molar-refractivity contribution in [2.45, 2.75) is 6.92 Å². The molecule has 1 N–H and O–H groups in total. The number of hydrogen-bond acceptors (Lipinski definition) is 5. The molecule has 27 heavy (non-hydrogen) atoms. The van der Waals surface area contributed by atoms with Crippen LogP contribution in [-0.4, -0.2) is 18.7 Å². The number of nitriles is 1. The molecule has 0 saturated heterocycles. The molecule has 5 nitrogen and oxygen atoms in total. The normalized spacial score (nSPS) is 10.5. The van der Waals surface area contributed by atoms with E-state index in [1.807, 2.05) is 42.6 Å². The summed E-state index contributed by atoms with van der Waals surface area (Å²) >= 11 is 1.57. The Balaban J connectivity index is 1.51. The first-order valence-electron chi connectivity index (χ1n) is 8.25. The first kappa shape index (κ1) is 18.4. The van der Waals surface area contributed by atoms with E-state index in [-0.39, 0.29) is 12.5 Å². The quantitative estimate of drug-likeness (QED) is 0.520. The molecular formula is C21H17N3O2S. The molecule has 0 aliphatic carbocycles. The highest BCUT2D eigenvalue weighted by molar-refractivity contribution is 7.11. The van der Waals surface area contributed by atoms with Crippen molar-refractivity contribution in [3.8, 4) is 22.9 Å². The molecule has 0 aliphatic rings. The highest BCUT2D eigenvalue weighted by Gasteiger charge is 2.03. The van der Waals surface area contributed by atoms with Gasteiger partial charge in [-0.25, -0.2) is 5.43 Å². The van der Waals surface area contributed by atoms with Crippen molar-refractivity contribution in [2.24, 2.45) is 5.10 Å². The number of nitrogens with zero attached hydrogens (tertiary/aromatic N) is 2. The lowest BCUT2D eigenvalue weighted by molar-refractivity contribution is -0.123. The van der Waals surface area contributed by atoms with Crippen molar-refractivity contribution in [3.05, 3.63) is 76.0 Å². The van der Waals surface area contributed by atoms with Gasteiger partial charge in [-0.1, -0.05) is 24.3 Å². The van der Waals surface area contributed by atoms with Gasteiger partial charge in [-0.3, -0.25) is 4.79 Å². The summed E-state index contributed by atoms with van der Waals surface area (Å²) < 4.78 is 5.48. The van der Waals surface area contributed by atoms with Crippen molar-refractivity contribution in [3.63, 3.8) is 0 Å². The van der Waals surface area contributed by atoms with E-state index in [9.17, 15) is 4.79 Å². The molecule has 0 fully saturated rings. The van der Waals surface area contributed by atoms with Crippen molar-refractivity contribution >= 4 is 23.5 Å². The Morgan fingerprint density at radius 1 is 1.15 bits per heavy atom. The van der Waals surface area contributed by atoms with Gasteiger partial charge < -0.3 is 4.74 Å². The van der Waals surface area contributed by atoms with Crippen LogP contribution in [0.3, 0.4) is 0 Å². The lowest BCUT2D eigenvalue weighted by Gasteiger charge is -2.07. The predicted octanol–water partition coefficient (Wildman–Crippen LogP) is 4.12. The number of amides is 1. The minimum atomic E-state index is -0.323. The maximum Gasteiger partial charge on any atom is 0.277 e. The van der Waals surface area contributed by atoms with E-state index < -0.39 is 0 Å². The highest BCUT2D eigenvalue weighted by atomic mass is 32.1. The molecule has 3 rings (SSSR count). The van der Waals surface area contributed by atoms with Gasteiger partial charge in [0.25, 0.3) is 5.91 Å². The minimum Gasteiger partial charge on any atom is -0.484 e. The fraction of sp³-hybridized carbons (Fsp3) is 0.0952. The van der Waals surface area contributed by atoms with Crippen LogP contribution in [0.2, 0.25) is 0 Å². The number of hydrazone groups is 1. The topological polar surface area (TPSA) is 74.5 Å². The number of carbonyl (C=O) groups is 1. The molecule has 0 saturated carbocycles. The zero-order valence-corrected chi connectivity index (χ0v) is 15.5. The molecule has 0 spiro atoms. The van der Waals surface area contributed by atoms with Crippen LogP contribution in [0.5, 0.6) is 5.75 Å². The van der Waals surface area contributed by atoms with Crippen LogP contribution in [0, 0.1) is 18.3 Å². The monoisotopic (exact) mass is 375 g/mol. The molecule has 134 valence electrons. The Morgan fingerprint density at radius 3 is 2.41 bits per heavy atom. The summed E-state index contributed by atoms with van der Waals surface area (Å²) in [6.07, 6.45) is 1.63. The Labute approximate surface area is 161 Å². The van der Waals surface area contributed by atoms with Crippen LogP contribution in [0.15, 0.2) is 65.1 Å². The zero-order valence-electron chi connectivity index (χ0n) is 14.7. The molecule has 1 amide bonds. The number of rotatable bonds is 6. The van der Waals surface area contributed by atoms with Gasteiger partial charge in [0.1, 0.15) is 5.75 Å². The van der Waals surface area contributed by atoms with Crippen molar-refractivity contribution < 1.29 is 9.53 Å². The number of ether oxygens (including phenoxy) is 1. The van der Waals surface area contributed by atoms with E-state index in [1.54, 1.807) is 41.8 Å². The molecule has 0 radical (unpaired) electrons. The summed E-state index contributed by atoms with van der Waals surface area (Å²) in [5.41, 5.74) is 6.22. The maximum atomic E-state index is 11.8. The lowest BCUT2D eigenvalue weighted by Crippen LogP contribution is -2.24. The Bertz CT molecular complexity index is 984. The summed E-state index contributed by atoms with van der Waals surface area (Å²) in [6.45, 7) is 1.88. The minimum absolute atomic E-state index is 0.114. The number of hydrogen-bond donors (Lipinski definition) is 1. The van der Waals surface area contributed by atoms with Crippen molar-refractivity contribution in [1.29, 1.82) is 5.26 Å². The molecule has 0 bridgehead atoms. The smallest absolute Gasteiger partial charge is 0.277 e. The average Bonchev–Trinajstić information content (AvgIpc) is 3.12. The molecular weight excluding hydrogens is 358 g/mol. The van der Waals surface area contributed by atoms with Gasteiger partial charge >= 0.3 is 0 Å². The van der Waals surface area contributed by atoms with Gasteiger partial charge in [0.15, 0.2) is 6.61 Å². The molecule has 0 aliphatic heterocycles. The van der Waals surface area contributed by atoms with Gasteiger partial charge in [0, 0.05) is 4.88 Å². The van der Waals surface area contributed by atoms with Crippen molar-refractivity contribution in [2.75, 3.05) is 6.61 Å². The van der Waals surface area contributed by atoms with Gasteiger partial charge in [0.05, 0.1) is 17.8 Å². The van der Waals surface area contributed by atoms with Crippen LogP contribution >= 0.6 is 11.3 Å². The Morgan fingerprint density at radius 2 is 1.81 bits per heavy atom. The number of carbonyl (C=O) groups excluding carboxylic acids is 1. The summed E-state index contributed by atoms with van der Waals surface area (Å²) in [7, 11) is 0. The predicted molar refractivity (Wildman–Crippen MR) is 107 cm³/mol. The molecule has 3 aromatic rings. The Kier molecular flexibility index (Phi) is 5.98. The number of nitrogens with one attached hydrogen (secondary N) is 1. The third kappa shape index (κ3) is 5.03. The number of aryl methyl sites for hydroxylation is 1. The van der Waals surface area contributed by atoms with Crippen LogP contribution in [0.25, 0.3) is 11.1 Å². The second kappa shape index (κ2) is 8.79. The first-order valence-corrected chi connectivity index (χ1v) is 9.13. The summed E-state index contributed by atoms with van der Waals surface area (Å²) in [5, 5.41) is 14.8. The van der Waals surface area contributed by atoms with Crippen LogP contribution in [0.4, 0.5) is 0 Å². The Hall–Kier alpha value is -3.43. The van der Waals surface area contributed by atoms with E-state index in [0.717, 1.165) is 21.6 Å². The van der Waals surface area contributed by atoms with Gasteiger partial charge in [-0.2, -0.15) is 10.4 Å². The van der Waals surface area contributed by atoms with Crippen molar-refractivity contribution in [1.82, 2.24) is 5.43 Å². The fourth-order valence-corrected chi connectivity index (χ4v) is 3.13. The number of benzene rings is 2. The van der Waals surface area contributed by atoms with Crippen LogP contribution in [0.1, 0.15) is 16.0 Å². The molecule has 1 aromatic heterocycles. The molecule has 1 heterocycles. The van der Waals surface area contributed by atoms with E-state index in [2.05, 4.69) is 16.6 Å². The van der Waals surface area contributed by atoms with Gasteiger partial charge in [-0.05, 0) is 59.3 Å². The lowest BCUT2D eigenvalue weighted by atomic mass is 10.0. The summed E-state index contributed by atoms with van der Waals surface area (Å²) in [5.74, 6) is 0.275. The third-order valence-corrected chi connectivity index (χ3v) is 4.80. The number of thiophene rings is 1. The fourth-order valence-electron chi connectivity index (χ4n) is 2.34. The zero-order chi connectivity index (χ0) is 19.1. The standard InChI is InChI=1S/C21H17N3O2S/c1-15-10-11-27-20(15)13-23-24-21(25)14-26-19-8-6-18(7-9-19)17-4-2-16(12-22)3-5-17/h2-11,13H,14H2,1H3,(H,24,25)/b23-13-. The van der Waals surface area contributed by atoms with E-state index in [1.165, 1.54) is 0 Å². The van der Waals surface area contributed by atoms with E-state index in [4.69, 9.17) is 10.00 Å². The van der Waals surface area contributed by atoms with Gasteiger partial charge in [-0.15, -0.1) is 11.3 Å². The van der Waals surface area contributed by atoms with E-state index >= 15 is 0 Å². The summed E-state index contributed by atoms with van der Waals surface area (Å²) in [6, 6.07) is 18.9. The summed E-state index contributed by atoms with van der Waals surface area (Å²) in [4.78, 5) is 12.8. The second-order valence-electron chi connectivity index (χ2n) is 5.76. The molecule has 2 aromatic carbocycles. The van der Waals surface area contributed by atoms with Crippen LogP contribution in [-0.2, 0) is 4.79 Å². The first-order chi connectivity index (χ1) is 13.2. The highest BCUT2D eigenvalue weighted by Crippen LogP contribution is 2.22. The molecule has 6 heteroatoms. The second-order valence-corrected chi connectivity index (χ2v) is 6.71. The third-order valence-electron chi connectivity index (χ3n) is 3.84. The SMILES string of the molecule is Cc1ccsc1/C=N\NC(=O)COc1ccc(-c2ccc(C#N)cc2)cc1. The van der Waals surface area contributed by atoms with E-state index in [0.29, 0.717) is 11.3 Å². The molecule has 0 atom stereocenters. The molecule has 0 unspecified atom stereocenters. The van der Waals surface area contributed by atoms with Crippen LogP contribution < -0.4 is 10.2 Å². The maximum absolute atomic E-state index is 11.8.